The van der Waals surface area contributed by atoms with Crippen LogP contribution in [0.5, 0.6) is 0 Å². The minimum absolute atomic E-state index is 0.685. The molecule has 1 aliphatic rings. The van der Waals surface area contributed by atoms with Gasteiger partial charge in [0.1, 0.15) is 0 Å². The van der Waals surface area contributed by atoms with Gasteiger partial charge in [-0.1, -0.05) is 19.1 Å². The summed E-state index contributed by atoms with van der Waals surface area (Å²) in [6, 6.07) is 0. The van der Waals surface area contributed by atoms with Gasteiger partial charge in [-0.25, -0.2) is 0 Å². The summed E-state index contributed by atoms with van der Waals surface area (Å²) in [5.41, 5.74) is 0. The molecule has 0 saturated heterocycles. The maximum Gasteiger partial charge on any atom is 0.0205 e. The summed E-state index contributed by atoms with van der Waals surface area (Å²) in [6.07, 6.45) is 9.88. The molecule has 0 amide bonds. The van der Waals surface area contributed by atoms with Gasteiger partial charge in [0.15, 0.2) is 0 Å². The van der Waals surface area contributed by atoms with Crippen molar-refractivity contribution in [3.63, 3.8) is 0 Å². The van der Waals surface area contributed by atoms with E-state index in [-0.39, 0.29) is 0 Å². The molecular weight excluding hydrogens is 168 g/mol. The van der Waals surface area contributed by atoms with Gasteiger partial charge in [0.05, 0.1) is 0 Å². The van der Waals surface area contributed by atoms with Crippen molar-refractivity contribution < 1.29 is 0 Å². The molecule has 14 heavy (non-hydrogen) atoms. The van der Waals surface area contributed by atoms with Crippen LogP contribution in [0.2, 0.25) is 0 Å². The van der Waals surface area contributed by atoms with E-state index in [4.69, 9.17) is 0 Å². The highest BCUT2D eigenvalue weighted by molar-refractivity contribution is 5.05. The molecule has 0 aliphatic heterocycles. The molecule has 0 heteroatoms. The Labute approximate surface area is 88.8 Å². The second kappa shape index (κ2) is 5.91. The molecule has 0 aromatic rings. The Kier molecular flexibility index (Phi) is 4.80. The molecule has 0 aromatic heterocycles. The molecule has 0 nitrogen and oxygen atoms in total. The Morgan fingerprint density at radius 3 is 2.79 bits per heavy atom. The summed E-state index contributed by atoms with van der Waals surface area (Å²) in [5, 5.41) is 0. The van der Waals surface area contributed by atoms with Crippen molar-refractivity contribution in [1.29, 1.82) is 0 Å². The fourth-order valence-electron chi connectivity index (χ4n) is 2.61. The van der Waals surface area contributed by atoms with Gasteiger partial charge in [0.2, 0.25) is 0 Å². The molecule has 3 atom stereocenters. The zero-order valence-electron chi connectivity index (χ0n) is 9.72. The summed E-state index contributed by atoms with van der Waals surface area (Å²) in [7, 11) is 0. The first-order valence-corrected chi connectivity index (χ1v) is 5.86. The third-order valence-corrected chi connectivity index (χ3v) is 3.34. The van der Waals surface area contributed by atoms with Crippen LogP contribution < -0.4 is 0 Å². The summed E-state index contributed by atoms with van der Waals surface area (Å²) in [5.74, 6) is 8.74. The molecule has 1 aliphatic carbocycles. The van der Waals surface area contributed by atoms with E-state index in [0.29, 0.717) is 5.92 Å². The van der Waals surface area contributed by atoms with Crippen LogP contribution in [0.4, 0.5) is 0 Å². The average Bonchev–Trinajstić information content (AvgIpc) is 2.63. The first kappa shape index (κ1) is 11.4. The normalized spacial score (nSPS) is 28.8. The lowest BCUT2D eigenvalue weighted by atomic mass is 9.88. The van der Waals surface area contributed by atoms with Crippen LogP contribution in [0, 0.1) is 29.6 Å². The fraction of sp³-hybridized carbons (Fsp3) is 0.714. The minimum Gasteiger partial charge on any atom is -0.106 e. The predicted octanol–water partition coefficient (Wildman–Crippen LogP) is 4.03. The summed E-state index contributed by atoms with van der Waals surface area (Å²) in [6.45, 7) is 6.38. The van der Waals surface area contributed by atoms with E-state index >= 15 is 0 Å². The molecule has 0 aromatic carbocycles. The van der Waals surface area contributed by atoms with Gasteiger partial charge < -0.3 is 0 Å². The summed E-state index contributed by atoms with van der Waals surface area (Å²) in [4.78, 5) is 0. The van der Waals surface area contributed by atoms with Crippen LogP contribution >= 0.6 is 0 Å². The van der Waals surface area contributed by atoms with Gasteiger partial charge in [-0.05, 0) is 51.4 Å². The monoisotopic (exact) mass is 190 g/mol. The SMILES string of the molecule is CC#CC1CCC(C(/C=C/C)CC)C1. The smallest absolute Gasteiger partial charge is 0.0205 e. The molecule has 0 bridgehead atoms. The van der Waals surface area contributed by atoms with Crippen molar-refractivity contribution >= 4 is 0 Å². The second-order valence-electron chi connectivity index (χ2n) is 4.26. The first-order chi connectivity index (χ1) is 6.81. The minimum atomic E-state index is 0.685. The van der Waals surface area contributed by atoms with Gasteiger partial charge in [-0.2, -0.15) is 0 Å². The Balaban J connectivity index is 2.49. The van der Waals surface area contributed by atoms with Gasteiger partial charge in [-0.15, -0.1) is 11.8 Å². The van der Waals surface area contributed by atoms with E-state index in [1.165, 1.54) is 25.7 Å². The lowest BCUT2D eigenvalue weighted by Gasteiger charge is -2.17. The zero-order valence-corrected chi connectivity index (χ0v) is 9.72. The fourth-order valence-corrected chi connectivity index (χ4v) is 2.61. The van der Waals surface area contributed by atoms with E-state index in [1.54, 1.807) is 0 Å². The lowest BCUT2D eigenvalue weighted by molar-refractivity contribution is 0.389. The number of allylic oxidation sites excluding steroid dienone is 2. The number of hydrogen-bond donors (Lipinski definition) is 0. The van der Waals surface area contributed by atoms with Gasteiger partial charge in [0, 0.05) is 5.92 Å². The largest absolute Gasteiger partial charge is 0.106 e. The molecule has 0 spiro atoms. The molecule has 78 valence electrons. The van der Waals surface area contributed by atoms with Crippen molar-refractivity contribution in [3.05, 3.63) is 12.2 Å². The third kappa shape index (κ3) is 2.91. The zero-order chi connectivity index (χ0) is 10.4. The van der Waals surface area contributed by atoms with E-state index in [2.05, 4.69) is 37.8 Å². The van der Waals surface area contributed by atoms with Gasteiger partial charge in [0.25, 0.3) is 0 Å². The van der Waals surface area contributed by atoms with E-state index in [1.807, 2.05) is 6.92 Å². The average molecular weight is 190 g/mol. The van der Waals surface area contributed by atoms with Crippen molar-refractivity contribution in [1.82, 2.24) is 0 Å². The van der Waals surface area contributed by atoms with Crippen molar-refractivity contribution in [2.24, 2.45) is 17.8 Å². The van der Waals surface area contributed by atoms with Crippen molar-refractivity contribution in [2.45, 2.75) is 46.5 Å². The highest BCUT2D eigenvalue weighted by Crippen LogP contribution is 2.37. The molecule has 1 saturated carbocycles. The molecule has 1 fully saturated rings. The highest BCUT2D eigenvalue weighted by atomic mass is 14.3. The first-order valence-electron chi connectivity index (χ1n) is 5.86. The van der Waals surface area contributed by atoms with Crippen LogP contribution in [0.3, 0.4) is 0 Å². The quantitative estimate of drug-likeness (QED) is 0.465. The summed E-state index contributed by atoms with van der Waals surface area (Å²) >= 11 is 0. The van der Waals surface area contributed by atoms with Crippen LogP contribution in [0.15, 0.2) is 12.2 Å². The van der Waals surface area contributed by atoms with E-state index < -0.39 is 0 Å². The second-order valence-corrected chi connectivity index (χ2v) is 4.26. The maximum atomic E-state index is 3.32. The Morgan fingerprint density at radius 1 is 1.43 bits per heavy atom. The van der Waals surface area contributed by atoms with E-state index in [0.717, 1.165) is 11.8 Å². The molecule has 1 rings (SSSR count). The maximum absolute atomic E-state index is 3.32. The van der Waals surface area contributed by atoms with Crippen LogP contribution in [-0.4, -0.2) is 0 Å². The number of rotatable bonds is 3. The molecule has 0 heterocycles. The van der Waals surface area contributed by atoms with Gasteiger partial charge >= 0.3 is 0 Å². The van der Waals surface area contributed by atoms with E-state index in [9.17, 15) is 0 Å². The number of hydrogen-bond acceptors (Lipinski definition) is 0. The standard InChI is InChI=1S/C14H22/c1-4-7-12-9-10-14(11-12)13(6-3)8-5-2/h5,8,12-14H,6,9-11H2,1-3H3/b8-5+. The molecule has 0 N–H and O–H groups in total. The van der Waals surface area contributed by atoms with Crippen LogP contribution in [-0.2, 0) is 0 Å². The van der Waals surface area contributed by atoms with Crippen LogP contribution in [0.1, 0.15) is 46.5 Å². The highest BCUT2D eigenvalue weighted by Gasteiger charge is 2.27. The van der Waals surface area contributed by atoms with Crippen molar-refractivity contribution in [2.75, 3.05) is 0 Å². The summed E-state index contributed by atoms with van der Waals surface area (Å²) < 4.78 is 0. The molecule has 3 unspecified atom stereocenters. The Morgan fingerprint density at radius 2 is 2.21 bits per heavy atom. The van der Waals surface area contributed by atoms with Gasteiger partial charge in [-0.3, -0.25) is 0 Å². The van der Waals surface area contributed by atoms with Crippen LogP contribution in [0.25, 0.3) is 0 Å². The Hall–Kier alpha value is -0.700. The lowest BCUT2D eigenvalue weighted by Crippen LogP contribution is -2.08. The molecule has 0 radical (unpaired) electrons. The van der Waals surface area contributed by atoms with Crippen molar-refractivity contribution in [3.8, 4) is 11.8 Å². The topological polar surface area (TPSA) is 0 Å². The third-order valence-electron chi connectivity index (χ3n) is 3.34. The predicted molar refractivity (Wildman–Crippen MR) is 62.9 cm³/mol. The Bertz CT molecular complexity index is 238. The molecular formula is C14H22.